The molecule has 22 heavy (non-hydrogen) atoms. The predicted molar refractivity (Wildman–Crippen MR) is 97.1 cm³/mol. The lowest BCUT2D eigenvalue weighted by Gasteiger charge is -2.38. The summed E-state index contributed by atoms with van der Waals surface area (Å²) in [5.74, 6) is 1.77. The Balaban J connectivity index is 0.00000144. The van der Waals surface area contributed by atoms with Gasteiger partial charge in [-0.25, -0.2) is 0 Å². The zero-order chi connectivity index (χ0) is 14.5. The lowest BCUT2D eigenvalue weighted by atomic mass is 9.66. The van der Waals surface area contributed by atoms with Crippen LogP contribution in [0.5, 0.6) is 0 Å². The molecule has 2 unspecified atom stereocenters. The average molecular weight is 364 g/mol. The molecule has 1 saturated carbocycles. The average Bonchev–Trinajstić information content (AvgIpc) is 2.92. The summed E-state index contributed by atoms with van der Waals surface area (Å²) >= 11 is 0. The molecular formula is C18H26BrN3. The molecule has 0 saturated heterocycles. The monoisotopic (exact) mass is 363 g/mol. The van der Waals surface area contributed by atoms with Gasteiger partial charge in [-0.1, -0.05) is 38.1 Å². The summed E-state index contributed by atoms with van der Waals surface area (Å²) in [6.45, 7) is 7.74. The number of halogens is 1. The second kappa shape index (κ2) is 5.55. The van der Waals surface area contributed by atoms with Crippen molar-refractivity contribution in [3.8, 4) is 0 Å². The van der Waals surface area contributed by atoms with Gasteiger partial charge in [0.25, 0.3) is 0 Å². The fraction of sp³-hybridized carbons (Fsp3) is 0.611. The number of nitrogens with zero attached hydrogens (tertiary/aromatic N) is 1. The van der Waals surface area contributed by atoms with E-state index in [1.165, 1.54) is 19.3 Å². The minimum Gasteiger partial charge on any atom is -0.356 e. The normalized spacial score (nSPS) is 30.8. The van der Waals surface area contributed by atoms with Crippen LogP contribution in [0.1, 0.15) is 44.2 Å². The van der Waals surface area contributed by atoms with E-state index in [0.717, 1.165) is 31.5 Å². The number of benzene rings is 1. The molecule has 2 atom stereocenters. The molecule has 3 aliphatic rings. The van der Waals surface area contributed by atoms with E-state index in [0.29, 0.717) is 10.8 Å². The van der Waals surface area contributed by atoms with E-state index in [1.807, 2.05) is 0 Å². The Bertz CT molecular complexity index is 596. The summed E-state index contributed by atoms with van der Waals surface area (Å²) in [6, 6.07) is 9.14. The van der Waals surface area contributed by atoms with E-state index >= 15 is 0 Å². The molecule has 1 aliphatic heterocycles. The van der Waals surface area contributed by atoms with E-state index in [4.69, 9.17) is 0 Å². The maximum Gasteiger partial charge on any atom is 0.191 e. The fourth-order valence-corrected chi connectivity index (χ4v) is 4.33. The molecular weight excluding hydrogens is 338 g/mol. The maximum atomic E-state index is 4.43. The Morgan fingerprint density at radius 2 is 2.00 bits per heavy atom. The maximum absolute atomic E-state index is 4.43. The molecule has 1 spiro atoms. The molecule has 1 heterocycles. The van der Waals surface area contributed by atoms with Crippen molar-refractivity contribution in [2.75, 3.05) is 19.6 Å². The fourth-order valence-electron chi connectivity index (χ4n) is 4.33. The van der Waals surface area contributed by atoms with Crippen molar-refractivity contribution in [2.45, 2.75) is 43.9 Å². The number of rotatable bonds is 2. The molecule has 1 aromatic carbocycles. The minimum absolute atomic E-state index is 0. The van der Waals surface area contributed by atoms with Gasteiger partial charge >= 0.3 is 0 Å². The van der Waals surface area contributed by atoms with Crippen molar-refractivity contribution in [2.24, 2.45) is 10.9 Å². The van der Waals surface area contributed by atoms with E-state index in [9.17, 15) is 0 Å². The van der Waals surface area contributed by atoms with Crippen LogP contribution in [0, 0.1) is 5.92 Å². The van der Waals surface area contributed by atoms with Crippen LogP contribution < -0.4 is 10.6 Å². The summed E-state index contributed by atoms with van der Waals surface area (Å²) in [7, 11) is 0. The van der Waals surface area contributed by atoms with Crippen LogP contribution in [0.2, 0.25) is 0 Å². The topological polar surface area (TPSA) is 36.4 Å². The van der Waals surface area contributed by atoms with Gasteiger partial charge in [-0.05, 0) is 41.7 Å². The lowest BCUT2D eigenvalue weighted by Crippen LogP contribution is -2.37. The first kappa shape index (κ1) is 15.9. The molecule has 0 bridgehead atoms. The molecule has 0 aromatic heterocycles. The molecule has 2 N–H and O–H groups in total. The zero-order valence-electron chi connectivity index (χ0n) is 13.5. The first-order chi connectivity index (χ1) is 10.1. The molecule has 0 amide bonds. The van der Waals surface area contributed by atoms with Crippen LogP contribution in [0.25, 0.3) is 0 Å². The zero-order valence-corrected chi connectivity index (χ0v) is 15.2. The van der Waals surface area contributed by atoms with E-state index < -0.39 is 0 Å². The molecule has 3 nitrogen and oxygen atoms in total. The minimum atomic E-state index is 0. The van der Waals surface area contributed by atoms with Gasteiger partial charge in [-0.15, -0.1) is 17.0 Å². The Morgan fingerprint density at radius 3 is 2.73 bits per heavy atom. The van der Waals surface area contributed by atoms with Crippen LogP contribution in [-0.2, 0) is 10.8 Å². The molecule has 4 rings (SSSR count). The third-order valence-corrected chi connectivity index (χ3v) is 5.81. The van der Waals surface area contributed by atoms with Crippen molar-refractivity contribution >= 4 is 22.9 Å². The number of nitrogens with one attached hydrogen (secondary N) is 2. The summed E-state index contributed by atoms with van der Waals surface area (Å²) in [5.41, 5.74) is 3.97. The quantitative estimate of drug-likeness (QED) is 0.846. The number of fused-ring (bicyclic) bond motifs is 2. The molecule has 0 radical (unpaired) electrons. The first-order valence-electron chi connectivity index (χ1n) is 8.24. The Morgan fingerprint density at radius 1 is 1.23 bits per heavy atom. The lowest BCUT2D eigenvalue weighted by molar-refractivity contribution is 0.366. The Hall–Kier alpha value is -1.03. The highest BCUT2D eigenvalue weighted by atomic mass is 79.9. The van der Waals surface area contributed by atoms with Gasteiger partial charge in [0.15, 0.2) is 5.96 Å². The summed E-state index contributed by atoms with van der Waals surface area (Å²) < 4.78 is 0. The standard InChI is InChI=1S/C18H25N3.BrH/c1-17(2)7-8-18(15-6-4-3-5-14(15)17)11-13(18)12-21-16-19-9-10-20-16;/h3-6,13H,7-12H2,1-2H3,(H2,19,20,21);1H. The predicted octanol–water partition coefficient (Wildman–Crippen LogP) is 3.14. The molecule has 4 heteroatoms. The number of hydrogen-bond acceptors (Lipinski definition) is 3. The summed E-state index contributed by atoms with van der Waals surface area (Å²) in [5, 5.41) is 6.81. The van der Waals surface area contributed by atoms with Crippen molar-refractivity contribution < 1.29 is 0 Å². The van der Waals surface area contributed by atoms with Gasteiger partial charge in [0.2, 0.25) is 0 Å². The van der Waals surface area contributed by atoms with Gasteiger partial charge in [0, 0.05) is 18.5 Å². The van der Waals surface area contributed by atoms with E-state index in [1.54, 1.807) is 11.1 Å². The van der Waals surface area contributed by atoms with Crippen LogP contribution in [-0.4, -0.2) is 25.6 Å². The molecule has 120 valence electrons. The third-order valence-electron chi connectivity index (χ3n) is 5.81. The van der Waals surface area contributed by atoms with Gasteiger partial charge in [0.05, 0.1) is 6.54 Å². The number of hydrogen-bond donors (Lipinski definition) is 2. The van der Waals surface area contributed by atoms with Crippen molar-refractivity contribution in [1.82, 2.24) is 10.6 Å². The van der Waals surface area contributed by atoms with Gasteiger partial charge < -0.3 is 10.6 Å². The van der Waals surface area contributed by atoms with Crippen molar-refractivity contribution in [1.29, 1.82) is 0 Å². The highest BCUT2D eigenvalue weighted by Gasteiger charge is 2.58. The highest BCUT2D eigenvalue weighted by Crippen LogP contribution is 2.62. The van der Waals surface area contributed by atoms with Gasteiger partial charge in [0.1, 0.15) is 0 Å². The van der Waals surface area contributed by atoms with Crippen LogP contribution in [0.15, 0.2) is 29.3 Å². The second-order valence-corrected chi connectivity index (χ2v) is 7.52. The summed E-state index contributed by atoms with van der Waals surface area (Å²) in [6.07, 6.45) is 3.98. The van der Waals surface area contributed by atoms with Crippen molar-refractivity contribution in [3.05, 3.63) is 35.4 Å². The molecule has 1 fully saturated rings. The molecule has 2 aliphatic carbocycles. The number of guanidine groups is 1. The second-order valence-electron chi connectivity index (χ2n) is 7.52. The third kappa shape index (κ3) is 2.45. The Kier molecular flexibility index (Phi) is 4.00. The largest absolute Gasteiger partial charge is 0.356 e. The number of aliphatic imine (C=N–C) groups is 1. The van der Waals surface area contributed by atoms with Gasteiger partial charge in [-0.2, -0.15) is 0 Å². The van der Waals surface area contributed by atoms with E-state index in [-0.39, 0.29) is 17.0 Å². The highest BCUT2D eigenvalue weighted by molar-refractivity contribution is 8.93. The van der Waals surface area contributed by atoms with E-state index in [2.05, 4.69) is 53.7 Å². The van der Waals surface area contributed by atoms with Crippen LogP contribution in [0.3, 0.4) is 0 Å². The van der Waals surface area contributed by atoms with Gasteiger partial charge in [-0.3, -0.25) is 4.99 Å². The molecule has 1 aromatic rings. The van der Waals surface area contributed by atoms with Crippen molar-refractivity contribution in [3.63, 3.8) is 0 Å². The van der Waals surface area contributed by atoms with Crippen LogP contribution >= 0.6 is 17.0 Å². The Labute approximate surface area is 143 Å². The van der Waals surface area contributed by atoms with Crippen LogP contribution in [0.4, 0.5) is 0 Å². The first-order valence-corrected chi connectivity index (χ1v) is 8.24. The SMILES string of the molecule is Br.CC1(C)CCC2(CC2CNC2=NCCN2)c2ccccc21. The summed E-state index contributed by atoms with van der Waals surface area (Å²) in [4.78, 5) is 4.43. The smallest absolute Gasteiger partial charge is 0.191 e.